The number of amides is 1. The highest BCUT2D eigenvalue weighted by Crippen LogP contribution is 2.25. The second kappa shape index (κ2) is 5.88. The molecule has 1 aliphatic rings. The maximum absolute atomic E-state index is 11.9. The van der Waals surface area contributed by atoms with Crippen molar-refractivity contribution in [2.75, 3.05) is 22.9 Å². The Morgan fingerprint density at radius 2 is 2.45 bits per heavy atom. The average molecular weight is 291 g/mol. The van der Waals surface area contributed by atoms with Crippen molar-refractivity contribution < 1.29 is 9.59 Å². The molecule has 1 saturated heterocycles. The van der Waals surface area contributed by atoms with Gasteiger partial charge in [0.25, 0.3) is 0 Å². The largest absolute Gasteiger partial charge is 0.382 e. The minimum absolute atomic E-state index is 0.0368. The maximum Gasteiger partial charge on any atom is 0.234 e. The molecule has 1 fully saturated rings. The number of aromatic nitrogens is 2. The fraction of sp³-hybridized carbons (Fsp3) is 0.417. The molecule has 0 saturated carbocycles. The molecule has 1 amide bonds. The number of nitrogens with two attached hydrogens (primary N) is 1. The lowest BCUT2D eigenvalue weighted by molar-refractivity contribution is -0.117. The fourth-order valence-corrected chi connectivity index (χ4v) is 2.62. The van der Waals surface area contributed by atoms with Gasteiger partial charge in [0.1, 0.15) is 17.5 Å². The molecule has 2 rings (SSSR count). The predicted molar refractivity (Wildman–Crippen MR) is 74.8 cm³/mol. The Balaban J connectivity index is 2.10. The first-order valence-electron chi connectivity index (χ1n) is 5.97. The molecule has 7 nitrogen and oxygen atoms in total. The number of hydrogen-bond donors (Lipinski definition) is 1. The molecular formula is C12H13N5O2S. The van der Waals surface area contributed by atoms with Gasteiger partial charge in [-0.15, -0.1) is 0 Å². The SMILES string of the molecule is CC(=O)SCC1CC(=O)N(c2ncc(C#N)c(N)n2)C1. The third kappa shape index (κ3) is 3.05. The molecule has 0 aromatic carbocycles. The molecule has 0 spiro atoms. The van der Waals surface area contributed by atoms with Crippen molar-refractivity contribution in [2.24, 2.45) is 5.92 Å². The first-order chi connectivity index (χ1) is 9.51. The van der Waals surface area contributed by atoms with Crippen LogP contribution in [0, 0.1) is 17.2 Å². The molecule has 2 heterocycles. The van der Waals surface area contributed by atoms with Crippen LogP contribution in [0.1, 0.15) is 18.9 Å². The van der Waals surface area contributed by atoms with Crippen LogP contribution in [0.25, 0.3) is 0 Å². The molecule has 104 valence electrons. The van der Waals surface area contributed by atoms with Crippen LogP contribution in [0.5, 0.6) is 0 Å². The predicted octanol–water partition coefficient (Wildman–Crippen LogP) is 0.563. The highest BCUT2D eigenvalue weighted by molar-refractivity contribution is 8.13. The van der Waals surface area contributed by atoms with E-state index in [0.29, 0.717) is 18.7 Å². The van der Waals surface area contributed by atoms with Gasteiger partial charge in [0.05, 0.1) is 6.20 Å². The van der Waals surface area contributed by atoms with Gasteiger partial charge in [-0.2, -0.15) is 10.2 Å². The van der Waals surface area contributed by atoms with Crippen molar-refractivity contribution in [1.82, 2.24) is 9.97 Å². The third-order valence-electron chi connectivity index (χ3n) is 2.89. The molecule has 2 N–H and O–H groups in total. The molecule has 0 radical (unpaired) electrons. The van der Waals surface area contributed by atoms with Crippen molar-refractivity contribution in [3.63, 3.8) is 0 Å². The molecule has 1 aromatic rings. The van der Waals surface area contributed by atoms with Crippen LogP contribution in [0.2, 0.25) is 0 Å². The lowest BCUT2D eigenvalue weighted by atomic mass is 10.1. The van der Waals surface area contributed by atoms with E-state index in [1.54, 1.807) is 0 Å². The number of nitrogen functional groups attached to an aromatic ring is 1. The fourth-order valence-electron chi connectivity index (χ4n) is 1.92. The molecule has 1 atom stereocenters. The van der Waals surface area contributed by atoms with Gasteiger partial charge in [-0.25, -0.2) is 4.98 Å². The van der Waals surface area contributed by atoms with Crippen molar-refractivity contribution in [1.29, 1.82) is 5.26 Å². The van der Waals surface area contributed by atoms with Crippen molar-refractivity contribution >= 4 is 34.6 Å². The molecule has 20 heavy (non-hydrogen) atoms. The first-order valence-corrected chi connectivity index (χ1v) is 6.96. The maximum atomic E-state index is 11.9. The Bertz CT molecular complexity index is 598. The summed E-state index contributed by atoms with van der Waals surface area (Å²) in [6.45, 7) is 1.97. The Labute approximate surface area is 120 Å². The Morgan fingerprint density at radius 3 is 3.05 bits per heavy atom. The highest BCUT2D eigenvalue weighted by atomic mass is 32.2. The summed E-state index contributed by atoms with van der Waals surface area (Å²) in [7, 11) is 0. The summed E-state index contributed by atoms with van der Waals surface area (Å²) in [6, 6.07) is 1.87. The molecule has 1 aliphatic heterocycles. The number of anilines is 2. The minimum Gasteiger partial charge on any atom is -0.382 e. The molecule has 0 aliphatic carbocycles. The van der Waals surface area contributed by atoms with Crippen LogP contribution in [-0.2, 0) is 9.59 Å². The summed E-state index contributed by atoms with van der Waals surface area (Å²) in [4.78, 5) is 32.3. The van der Waals surface area contributed by atoms with Crippen LogP contribution >= 0.6 is 11.8 Å². The zero-order chi connectivity index (χ0) is 14.7. The normalized spacial score (nSPS) is 18.1. The number of carbonyl (C=O) groups excluding carboxylic acids is 2. The van der Waals surface area contributed by atoms with Crippen LogP contribution < -0.4 is 10.6 Å². The molecule has 1 unspecified atom stereocenters. The van der Waals surface area contributed by atoms with E-state index < -0.39 is 0 Å². The van der Waals surface area contributed by atoms with E-state index in [-0.39, 0.29) is 34.3 Å². The van der Waals surface area contributed by atoms with Gasteiger partial charge in [0.2, 0.25) is 11.9 Å². The number of hydrogen-bond acceptors (Lipinski definition) is 7. The summed E-state index contributed by atoms with van der Waals surface area (Å²) >= 11 is 1.21. The quantitative estimate of drug-likeness (QED) is 0.865. The van der Waals surface area contributed by atoms with Crippen LogP contribution in [0.4, 0.5) is 11.8 Å². The lowest BCUT2D eigenvalue weighted by Crippen LogP contribution is -2.27. The molecule has 0 bridgehead atoms. The van der Waals surface area contributed by atoms with Gasteiger partial charge in [0, 0.05) is 25.6 Å². The molecule has 8 heteroatoms. The van der Waals surface area contributed by atoms with Gasteiger partial charge in [-0.05, 0) is 5.92 Å². The highest BCUT2D eigenvalue weighted by Gasteiger charge is 2.32. The van der Waals surface area contributed by atoms with Gasteiger partial charge < -0.3 is 5.73 Å². The van der Waals surface area contributed by atoms with Gasteiger partial charge in [-0.3, -0.25) is 14.5 Å². The van der Waals surface area contributed by atoms with Gasteiger partial charge >= 0.3 is 0 Å². The van der Waals surface area contributed by atoms with Crippen LogP contribution in [0.15, 0.2) is 6.20 Å². The summed E-state index contributed by atoms with van der Waals surface area (Å²) in [6.07, 6.45) is 1.67. The van der Waals surface area contributed by atoms with E-state index >= 15 is 0 Å². The van der Waals surface area contributed by atoms with Crippen molar-refractivity contribution in [2.45, 2.75) is 13.3 Å². The number of rotatable bonds is 3. The smallest absolute Gasteiger partial charge is 0.234 e. The van der Waals surface area contributed by atoms with E-state index in [4.69, 9.17) is 11.0 Å². The Kier molecular flexibility index (Phi) is 4.20. The molecule has 1 aromatic heterocycles. The van der Waals surface area contributed by atoms with Gasteiger partial charge in [-0.1, -0.05) is 11.8 Å². The number of carbonyl (C=O) groups is 2. The number of nitriles is 1. The zero-order valence-electron chi connectivity index (χ0n) is 10.9. The van der Waals surface area contributed by atoms with E-state index in [2.05, 4.69) is 9.97 Å². The van der Waals surface area contributed by atoms with E-state index in [0.717, 1.165) is 0 Å². The summed E-state index contributed by atoms with van der Waals surface area (Å²) in [5.41, 5.74) is 5.80. The van der Waals surface area contributed by atoms with Crippen LogP contribution in [0.3, 0.4) is 0 Å². The van der Waals surface area contributed by atoms with E-state index in [1.165, 1.54) is 29.8 Å². The monoisotopic (exact) mass is 291 g/mol. The van der Waals surface area contributed by atoms with Gasteiger partial charge in [0.15, 0.2) is 5.12 Å². The standard InChI is InChI=1S/C12H13N5O2S/c1-7(18)20-6-8-2-10(19)17(5-8)12-15-4-9(3-13)11(14)16-12/h4,8H,2,5-6H2,1H3,(H2,14,15,16). The first kappa shape index (κ1) is 14.3. The topological polar surface area (TPSA) is 113 Å². The number of thioether (sulfide) groups is 1. The number of nitrogens with zero attached hydrogens (tertiary/aromatic N) is 4. The minimum atomic E-state index is -0.0942. The summed E-state index contributed by atoms with van der Waals surface area (Å²) in [5.74, 6) is 0.873. The molecular weight excluding hydrogens is 278 g/mol. The average Bonchev–Trinajstić information content (AvgIpc) is 2.77. The zero-order valence-corrected chi connectivity index (χ0v) is 11.7. The Morgan fingerprint density at radius 1 is 1.70 bits per heavy atom. The second-order valence-electron chi connectivity index (χ2n) is 4.46. The summed E-state index contributed by atoms with van der Waals surface area (Å²) in [5, 5.41) is 8.80. The van der Waals surface area contributed by atoms with E-state index in [9.17, 15) is 9.59 Å². The second-order valence-corrected chi connectivity index (χ2v) is 5.65. The van der Waals surface area contributed by atoms with Crippen LogP contribution in [-0.4, -0.2) is 33.3 Å². The summed E-state index contributed by atoms with van der Waals surface area (Å²) < 4.78 is 0. The lowest BCUT2D eigenvalue weighted by Gasteiger charge is -2.14. The van der Waals surface area contributed by atoms with Crippen molar-refractivity contribution in [3.05, 3.63) is 11.8 Å². The van der Waals surface area contributed by atoms with E-state index in [1.807, 2.05) is 6.07 Å². The van der Waals surface area contributed by atoms with Crippen molar-refractivity contribution in [3.8, 4) is 6.07 Å². The Hall–Kier alpha value is -2.14. The third-order valence-corrected chi connectivity index (χ3v) is 3.94.